The van der Waals surface area contributed by atoms with Crippen LogP contribution in [0.5, 0.6) is 0 Å². The quantitative estimate of drug-likeness (QED) is 0.649. The third kappa shape index (κ3) is 7.00. The lowest BCUT2D eigenvalue weighted by Gasteiger charge is -2.32. The number of hydrogen-bond acceptors (Lipinski definition) is 3. The van der Waals surface area contributed by atoms with Gasteiger partial charge in [0.15, 0.2) is 0 Å². The van der Waals surface area contributed by atoms with Gasteiger partial charge in [-0.2, -0.15) is 0 Å². The lowest BCUT2D eigenvalue weighted by atomic mass is 10.3. The van der Waals surface area contributed by atoms with Crippen LogP contribution >= 0.6 is 0 Å². The Morgan fingerprint density at radius 2 is 1.84 bits per heavy atom. The van der Waals surface area contributed by atoms with Gasteiger partial charge in [0.2, 0.25) is 0 Å². The first-order chi connectivity index (χ1) is 8.93. The normalized spacial score (nSPS) is 10.6. The molecule has 0 atom stereocenters. The van der Waals surface area contributed by atoms with Crippen LogP contribution in [0.2, 0.25) is 0 Å². The molecule has 0 spiro atoms. The van der Waals surface area contributed by atoms with Gasteiger partial charge in [-0.05, 0) is 27.7 Å². The number of likely N-dealkylation sites (N-methyl/N-ethyl adjacent to an activating group) is 1. The van der Waals surface area contributed by atoms with Crippen molar-refractivity contribution in [2.24, 2.45) is 0 Å². The summed E-state index contributed by atoms with van der Waals surface area (Å²) >= 11 is 0. The van der Waals surface area contributed by atoms with Crippen LogP contribution in [0.15, 0.2) is 0 Å². The van der Waals surface area contributed by atoms with E-state index in [1.54, 1.807) is 9.80 Å². The van der Waals surface area contributed by atoms with E-state index < -0.39 is 5.97 Å². The number of ether oxygens (including phenoxy) is 1. The molecule has 6 heteroatoms. The Bertz CT molecular complexity index is 282. The van der Waals surface area contributed by atoms with Crippen LogP contribution in [0.1, 0.15) is 34.1 Å². The van der Waals surface area contributed by atoms with Crippen molar-refractivity contribution in [2.75, 3.05) is 32.8 Å². The summed E-state index contributed by atoms with van der Waals surface area (Å²) in [6, 6.07) is -0.147. The molecule has 1 N–H and O–H groups in total. The van der Waals surface area contributed by atoms with Gasteiger partial charge in [0.1, 0.15) is 0 Å². The molecule has 0 radical (unpaired) electrons. The Labute approximate surface area is 115 Å². The lowest BCUT2D eigenvalue weighted by Crippen LogP contribution is -2.48. The number of amides is 2. The first kappa shape index (κ1) is 17.7. The Morgan fingerprint density at radius 3 is 2.26 bits per heavy atom. The van der Waals surface area contributed by atoms with Crippen molar-refractivity contribution < 1.29 is 19.4 Å². The molecule has 0 unspecified atom stereocenters. The minimum Gasteiger partial charge on any atom is -0.481 e. The summed E-state index contributed by atoms with van der Waals surface area (Å²) in [4.78, 5) is 26.2. The van der Waals surface area contributed by atoms with Crippen molar-refractivity contribution in [3.8, 4) is 0 Å². The number of hydrogen-bond donors (Lipinski definition) is 1. The van der Waals surface area contributed by atoms with Crippen LogP contribution in [0, 0.1) is 0 Å². The highest BCUT2D eigenvalue weighted by Gasteiger charge is 2.22. The van der Waals surface area contributed by atoms with Gasteiger partial charge >= 0.3 is 12.0 Å². The molecule has 19 heavy (non-hydrogen) atoms. The monoisotopic (exact) mass is 274 g/mol. The third-order valence-corrected chi connectivity index (χ3v) is 2.80. The van der Waals surface area contributed by atoms with E-state index in [4.69, 9.17) is 9.84 Å². The molecule has 0 rings (SSSR count). The molecule has 0 aliphatic rings. The Kier molecular flexibility index (Phi) is 8.95. The molecule has 112 valence electrons. The molecule has 0 heterocycles. The molecule has 0 aromatic heterocycles. The van der Waals surface area contributed by atoms with Crippen molar-refractivity contribution >= 4 is 12.0 Å². The number of carbonyl (C=O) groups is 2. The summed E-state index contributed by atoms with van der Waals surface area (Å²) in [6.45, 7) is 10.1. The minimum absolute atomic E-state index is 0.0204. The molecule has 0 aliphatic heterocycles. The standard InChI is InChI=1S/C13H26N2O4/c1-5-14(9-10-19-6-2)13(18)15(11(3)4)8-7-12(16)17/h11H,5-10H2,1-4H3,(H,16,17). The Morgan fingerprint density at radius 1 is 1.21 bits per heavy atom. The molecule has 0 aromatic carbocycles. The molecule has 0 aliphatic carbocycles. The van der Waals surface area contributed by atoms with Crippen LogP contribution in [0.25, 0.3) is 0 Å². The van der Waals surface area contributed by atoms with E-state index in [0.717, 1.165) is 0 Å². The van der Waals surface area contributed by atoms with E-state index in [-0.39, 0.29) is 25.0 Å². The largest absolute Gasteiger partial charge is 0.481 e. The zero-order valence-electron chi connectivity index (χ0n) is 12.4. The smallest absolute Gasteiger partial charge is 0.320 e. The van der Waals surface area contributed by atoms with Crippen LogP contribution in [0.4, 0.5) is 4.79 Å². The van der Waals surface area contributed by atoms with Gasteiger partial charge in [-0.3, -0.25) is 4.79 Å². The summed E-state index contributed by atoms with van der Waals surface area (Å²) < 4.78 is 5.25. The van der Waals surface area contributed by atoms with E-state index in [1.165, 1.54) is 0 Å². The SMILES string of the molecule is CCOCCN(CC)C(=O)N(CCC(=O)O)C(C)C. The van der Waals surface area contributed by atoms with Crippen LogP contribution in [0.3, 0.4) is 0 Å². The summed E-state index contributed by atoms with van der Waals surface area (Å²) in [5.41, 5.74) is 0. The van der Waals surface area contributed by atoms with Crippen molar-refractivity contribution in [3.05, 3.63) is 0 Å². The predicted molar refractivity (Wildman–Crippen MR) is 73.2 cm³/mol. The van der Waals surface area contributed by atoms with E-state index in [0.29, 0.717) is 26.3 Å². The number of carboxylic acids is 1. The number of urea groups is 1. The lowest BCUT2D eigenvalue weighted by molar-refractivity contribution is -0.137. The summed E-state index contributed by atoms with van der Waals surface area (Å²) in [5, 5.41) is 8.72. The molecule has 0 saturated heterocycles. The first-order valence-electron chi connectivity index (χ1n) is 6.79. The topological polar surface area (TPSA) is 70.1 Å². The molecule has 6 nitrogen and oxygen atoms in total. The molecule has 0 saturated carbocycles. The second kappa shape index (κ2) is 9.61. The average Bonchev–Trinajstić information content (AvgIpc) is 2.34. The second-order valence-electron chi connectivity index (χ2n) is 4.49. The Balaban J connectivity index is 4.51. The van der Waals surface area contributed by atoms with Gasteiger partial charge in [-0.1, -0.05) is 0 Å². The van der Waals surface area contributed by atoms with Gasteiger partial charge in [0, 0.05) is 32.3 Å². The highest BCUT2D eigenvalue weighted by Crippen LogP contribution is 2.06. The molecule has 0 bridgehead atoms. The summed E-state index contributed by atoms with van der Waals surface area (Å²) in [6.07, 6.45) is -0.0348. The van der Waals surface area contributed by atoms with Gasteiger partial charge in [-0.25, -0.2) is 4.79 Å². The molecular weight excluding hydrogens is 248 g/mol. The second-order valence-corrected chi connectivity index (χ2v) is 4.49. The van der Waals surface area contributed by atoms with Gasteiger partial charge < -0.3 is 19.6 Å². The summed E-state index contributed by atoms with van der Waals surface area (Å²) in [5.74, 6) is -0.893. The van der Waals surface area contributed by atoms with Crippen LogP contribution in [-0.2, 0) is 9.53 Å². The molecule has 2 amide bonds. The average molecular weight is 274 g/mol. The van der Waals surface area contributed by atoms with Crippen molar-refractivity contribution in [1.82, 2.24) is 9.80 Å². The maximum absolute atomic E-state index is 12.3. The number of aliphatic carboxylic acids is 1. The third-order valence-electron chi connectivity index (χ3n) is 2.80. The number of nitrogens with zero attached hydrogens (tertiary/aromatic N) is 2. The number of rotatable bonds is 9. The van der Waals surface area contributed by atoms with Crippen molar-refractivity contribution in [1.29, 1.82) is 0 Å². The van der Waals surface area contributed by atoms with E-state index in [2.05, 4.69) is 0 Å². The Hall–Kier alpha value is -1.30. The van der Waals surface area contributed by atoms with E-state index >= 15 is 0 Å². The van der Waals surface area contributed by atoms with Gasteiger partial charge in [0.25, 0.3) is 0 Å². The van der Waals surface area contributed by atoms with E-state index in [9.17, 15) is 9.59 Å². The van der Waals surface area contributed by atoms with Crippen molar-refractivity contribution in [3.63, 3.8) is 0 Å². The zero-order valence-corrected chi connectivity index (χ0v) is 12.4. The van der Waals surface area contributed by atoms with E-state index in [1.807, 2.05) is 27.7 Å². The van der Waals surface area contributed by atoms with Crippen LogP contribution < -0.4 is 0 Å². The fraction of sp³-hybridized carbons (Fsp3) is 0.846. The summed E-state index contributed by atoms with van der Waals surface area (Å²) in [7, 11) is 0. The predicted octanol–water partition coefficient (Wildman–Crippen LogP) is 1.65. The highest BCUT2D eigenvalue weighted by molar-refractivity contribution is 5.75. The maximum Gasteiger partial charge on any atom is 0.320 e. The zero-order chi connectivity index (χ0) is 14.8. The number of carboxylic acid groups (broad SMARTS) is 1. The van der Waals surface area contributed by atoms with Crippen LogP contribution in [-0.4, -0.2) is 65.8 Å². The van der Waals surface area contributed by atoms with Gasteiger partial charge in [0.05, 0.1) is 13.0 Å². The fourth-order valence-electron chi connectivity index (χ4n) is 1.68. The maximum atomic E-state index is 12.3. The van der Waals surface area contributed by atoms with Gasteiger partial charge in [-0.15, -0.1) is 0 Å². The highest BCUT2D eigenvalue weighted by atomic mass is 16.5. The molecule has 0 fully saturated rings. The molecule has 0 aromatic rings. The van der Waals surface area contributed by atoms with Crippen molar-refractivity contribution in [2.45, 2.75) is 40.2 Å². The fourth-order valence-corrected chi connectivity index (χ4v) is 1.68. The minimum atomic E-state index is -0.893. The number of carbonyl (C=O) groups excluding carboxylic acids is 1. The molecular formula is C13H26N2O4. The first-order valence-corrected chi connectivity index (χ1v) is 6.79.